The van der Waals surface area contributed by atoms with Crippen LogP contribution in [0, 0.1) is 0 Å². The topological polar surface area (TPSA) is 59.3 Å². The normalized spacial score (nSPS) is 11.4. The second-order valence-electron chi connectivity index (χ2n) is 5.59. The number of carbonyl (C=O) groups excluding carboxylic acids is 1. The van der Waals surface area contributed by atoms with E-state index in [1.165, 1.54) is 23.6 Å². The van der Waals surface area contributed by atoms with Gasteiger partial charge in [0.05, 0.1) is 0 Å². The number of hydrogen-bond acceptors (Lipinski definition) is 5. The minimum Gasteiger partial charge on any atom is -0.422 e. The minimum absolute atomic E-state index is 0.160. The highest BCUT2D eigenvalue weighted by Crippen LogP contribution is 2.33. The predicted molar refractivity (Wildman–Crippen MR) is 106 cm³/mol. The van der Waals surface area contributed by atoms with E-state index in [9.17, 15) is 9.59 Å². The Morgan fingerprint density at radius 3 is 2.65 bits per heavy atom. The average molecular weight is 382 g/mol. The van der Waals surface area contributed by atoms with Gasteiger partial charge in [0.2, 0.25) is 0 Å². The molecule has 2 aromatic heterocycles. The summed E-state index contributed by atoms with van der Waals surface area (Å²) in [7, 11) is 0. The van der Waals surface area contributed by atoms with Gasteiger partial charge in [-0.1, -0.05) is 29.8 Å². The Kier molecular flexibility index (Phi) is 4.32. The van der Waals surface area contributed by atoms with Crippen LogP contribution in [0.25, 0.3) is 21.7 Å². The van der Waals surface area contributed by atoms with E-state index in [-0.39, 0.29) is 5.78 Å². The second-order valence-corrected chi connectivity index (χ2v) is 6.90. The van der Waals surface area contributed by atoms with Gasteiger partial charge < -0.3 is 9.73 Å². The van der Waals surface area contributed by atoms with Crippen LogP contribution in [0.5, 0.6) is 0 Å². The minimum atomic E-state index is -0.403. The molecule has 0 aliphatic carbocycles. The van der Waals surface area contributed by atoms with Gasteiger partial charge in [0.25, 0.3) is 0 Å². The lowest BCUT2D eigenvalue weighted by Crippen LogP contribution is -2.01. The molecule has 0 atom stereocenters. The smallest absolute Gasteiger partial charge is 0.347 e. The monoisotopic (exact) mass is 381 g/mol. The van der Waals surface area contributed by atoms with Crippen LogP contribution in [-0.4, -0.2) is 5.78 Å². The van der Waals surface area contributed by atoms with Gasteiger partial charge in [0, 0.05) is 39.0 Å². The predicted octanol–water partition coefficient (Wildman–Crippen LogP) is 5.47. The first-order valence-electron chi connectivity index (χ1n) is 7.79. The van der Waals surface area contributed by atoms with Crippen molar-refractivity contribution in [3.05, 3.63) is 87.2 Å². The Morgan fingerprint density at radius 2 is 1.85 bits per heavy atom. The van der Waals surface area contributed by atoms with Gasteiger partial charge in [-0.25, -0.2) is 4.79 Å². The lowest BCUT2D eigenvalue weighted by Gasteiger charge is -2.00. The Bertz CT molecular complexity index is 1210. The van der Waals surface area contributed by atoms with E-state index >= 15 is 0 Å². The number of hydrogen-bond donors (Lipinski definition) is 1. The summed E-state index contributed by atoms with van der Waals surface area (Å²) in [5.41, 5.74) is 0.691. The fraction of sp³-hybridized carbons (Fsp3) is 0. The standard InChI is InChI=1S/C20H12ClNO3S/c21-13-7-5-12(6-8-13)16(23)9-10-22-19-18-15(11-26-19)14-3-1-2-4-17(14)25-20(18)24/h1-11,22H. The van der Waals surface area contributed by atoms with Crippen molar-refractivity contribution in [2.75, 3.05) is 5.32 Å². The van der Waals surface area contributed by atoms with Crippen molar-refractivity contribution in [2.45, 2.75) is 0 Å². The molecule has 0 unspecified atom stereocenters. The number of halogens is 1. The molecule has 0 saturated heterocycles. The number of fused-ring (bicyclic) bond motifs is 3. The number of para-hydroxylation sites is 1. The van der Waals surface area contributed by atoms with Crippen molar-refractivity contribution < 1.29 is 9.21 Å². The van der Waals surface area contributed by atoms with Gasteiger partial charge in [0.15, 0.2) is 5.78 Å². The van der Waals surface area contributed by atoms with Crippen LogP contribution in [-0.2, 0) is 0 Å². The number of thiophene rings is 1. The van der Waals surface area contributed by atoms with Gasteiger partial charge in [0.1, 0.15) is 16.0 Å². The third-order valence-corrected chi connectivity index (χ3v) is 5.12. The van der Waals surface area contributed by atoms with Crippen LogP contribution in [0.2, 0.25) is 5.02 Å². The average Bonchev–Trinajstić information content (AvgIpc) is 3.07. The molecule has 2 aromatic carbocycles. The molecular formula is C20H12ClNO3S. The zero-order valence-corrected chi connectivity index (χ0v) is 14.9. The molecule has 0 radical (unpaired) electrons. The largest absolute Gasteiger partial charge is 0.422 e. The Morgan fingerprint density at radius 1 is 1.08 bits per heavy atom. The number of nitrogens with one attached hydrogen (secondary N) is 1. The van der Waals surface area contributed by atoms with Crippen molar-refractivity contribution in [2.24, 2.45) is 0 Å². The molecule has 0 fully saturated rings. The van der Waals surface area contributed by atoms with Crippen LogP contribution in [0.1, 0.15) is 10.4 Å². The van der Waals surface area contributed by atoms with E-state index in [1.54, 1.807) is 30.3 Å². The molecule has 0 saturated carbocycles. The van der Waals surface area contributed by atoms with Gasteiger partial charge in [-0.15, -0.1) is 11.3 Å². The third kappa shape index (κ3) is 3.03. The third-order valence-electron chi connectivity index (χ3n) is 3.95. The van der Waals surface area contributed by atoms with E-state index in [0.717, 1.165) is 10.8 Å². The van der Waals surface area contributed by atoms with Gasteiger partial charge in [-0.2, -0.15) is 0 Å². The summed E-state index contributed by atoms with van der Waals surface area (Å²) in [5.74, 6) is -0.160. The zero-order chi connectivity index (χ0) is 18.1. The summed E-state index contributed by atoms with van der Waals surface area (Å²) >= 11 is 7.21. The van der Waals surface area contributed by atoms with E-state index in [0.29, 0.717) is 26.6 Å². The van der Waals surface area contributed by atoms with Crippen molar-refractivity contribution in [1.82, 2.24) is 0 Å². The molecule has 4 rings (SSSR count). The molecule has 1 N–H and O–H groups in total. The maximum atomic E-state index is 12.3. The summed E-state index contributed by atoms with van der Waals surface area (Å²) < 4.78 is 5.39. The van der Waals surface area contributed by atoms with Gasteiger partial charge >= 0.3 is 5.63 Å². The van der Waals surface area contributed by atoms with Crippen LogP contribution in [0.4, 0.5) is 5.00 Å². The summed E-state index contributed by atoms with van der Waals surface area (Å²) in [6.07, 6.45) is 2.94. The van der Waals surface area contributed by atoms with E-state index in [4.69, 9.17) is 16.0 Å². The summed E-state index contributed by atoms with van der Waals surface area (Å²) in [5, 5.41) is 8.34. The highest BCUT2D eigenvalue weighted by atomic mass is 35.5. The first-order chi connectivity index (χ1) is 12.6. The lowest BCUT2D eigenvalue weighted by molar-refractivity contribution is 0.104. The Labute approximate surface area is 157 Å². The molecule has 0 aliphatic heterocycles. The van der Waals surface area contributed by atoms with E-state index in [1.807, 2.05) is 23.6 Å². The number of allylic oxidation sites excluding steroid dienone is 1. The zero-order valence-electron chi connectivity index (χ0n) is 13.4. The molecule has 2 heterocycles. The summed E-state index contributed by atoms with van der Waals surface area (Å²) in [6.45, 7) is 0. The maximum absolute atomic E-state index is 12.3. The van der Waals surface area contributed by atoms with Crippen LogP contribution >= 0.6 is 22.9 Å². The second kappa shape index (κ2) is 6.78. The first-order valence-corrected chi connectivity index (χ1v) is 9.05. The molecule has 0 bridgehead atoms. The summed E-state index contributed by atoms with van der Waals surface area (Å²) in [4.78, 5) is 24.5. The van der Waals surface area contributed by atoms with Crippen molar-refractivity contribution in [3.8, 4) is 0 Å². The molecule has 6 heteroatoms. The van der Waals surface area contributed by atoms with E-state index in [2.05, 4.69) is 5.32 Å². The number of ketones is 1. The molecule has 4 nitrogen and oxygen atoms in total. The van der Waals surface area contributed by atoms with Crippen molar-refractivity contribution in [1.29, 1.82) is 0 Å². The van der Waals surface area contributed by atoms with Crippen LogP contribution in [0.3, 0.4) is 0 Å². The van der Waals surface area contributed by atoms with Crippen LogP contribution < -0.4 is 10.9 Å². The molecular weight excluding hydrogens is 370 g/mol. The van der Waals surface area contributed by atoms with Crippen LogP contribution in [0.15, 0.2) is 75.4 Å². The molecule has 0 aliphatic rings. The number of anilines is 1. The molecule has 4 aromatic rings. The number of carbonyl (C=O) groups is 1. The molecule has 0 spiro atoms. The van der Waals surface area contributed by atoms with E-state index < -0.39 is 5.63 Å². The molecule has 26 heavy (non-hydrogen) atoms. The fourth-order valence-electron chi connectivity index (χ4n) is 2.70. The SMILES string of the molecule is O=C(C=CNc1scc2c1c(=O)oc1ccccc12)c1ccc(Cl)cc1. The highest BCUT2D eigenvalue weighted by molar-refractivity contribution is 7.16. The lowest BCUT2D eigenvalue weighted by atomic mass is 10.1. The van der Waals surface area contributed by atoms with Crippen molar-refractivity contribution >= 4 is 55.5 Å². The quantitative estimate of drug-likeness (QED) is 0.289. The summed E-state index contributed by atoms with van der Waals surface area (Å²) in [6, 6.07) is 14.1. The Balaban J connectivity index is 1.63. The fourth-order valence-corrected chi connectivity index (χ4v) is 3.75. The van der Waals surface area contributed by atoms with Gasteiger partial charge in [-0.3, -0.25) is 4.79 Å². The Hall–Kier alpha value is -2.89. The first kappa shape index (κ1) is 16.6. The molecule has 128 valence electrons. The number of benzene rings is 2. The molecule has 0 amide bonds. The van der Waals surface area contributed by atoms with Gasteiger partial charge in [-0.05, 0) is 30.3 Å². The highest BCUT2D eigenvalue weighted by Gasteiger charge is 2.13. The van der Waals surface area contributed by atoms with Crippen molar-refractivity contribution in [3.63, 3.8) is 0 Å². The maximum Gasteiger partial charge on any atom is 0.347 e. The number of rotatable bonds is 4.